The highest BCUT2D eigenvalue weighted by Gasteiger charge is 2.26. The Hall–Kier alpha value is -1.36. The van der Waals surface area contributed by atoms with Gasteiger partial charge in [0.05, 0.1) is 13.2 Å². The van der Waals surface area contributed by atoms with E-state index in [-0.39, 0.29) is 5.56 Å². The Morgan fingerprint density at radius 2 is 1.72 bits per heavy atom. The third-order valence-corrected chi connectivity index (χ3v) is 2.85. The van der Waals surface area contributed by atoms with E-state index in [4.69, 9.17) is 15.2 Å². The fourth-order valence-corrected chi connectivity index (χ4v) is 1.96. The molecule has 0 saturated carbocycles. The molecule has 0 saturated heterocycles. The Morgan fingerprint density at radius 1 is 1.17 bits per heavy atom. The van der Waals surface area contributed by atoms with Gasteiger partial charge in [-0.3, -0.25) is 0 Å². The topological polar surface area (TPSA) is 44.5 Å². The van der Waals surface area contributed by atoms with Crippen molar-refractivity contribution in [1.29, 1.82) is 0 Å². The molecule has 100 valence electrons. The molecule has 0 aliphatic carbocycles. The number of benzene rings is 1. The molecule has 0 atom stereocenters. The van der Waals surface area contributed by atoms with Crippen molar-refractivity contribution in [2.24, 2.45) is 5.73 Å². The number of nitrogens with two attached hydrogens (primary N) is 1. The van der Waals surface area contributed by atoms with Crippen LogP contribution in [0.5, 0.6) is 11.5 Å². The van der Waals surface area contributed by atoms with Crippen LogP contribution in [0, 0.1) is 0 Å². The SMILES string of the molecule is CC(C)(N)c1cc2c(cc1C(F)F)OCCCO2. The highest BCUT2D eigenvalue weighted by atomic mass is 19.3. The summed E-state index contributed by atoms with van der Waals surface area (Å²) in [6.45, 7) is 4.38. The standard InChI is InChI=1S/C13H17F2NO2/c1-13(2,16)9-7-11-10(6-8(9)12(14)15)17-4-3-5-18-11/h6-7,12H,3-5,16H2,1-2H3. The number of alkyl halides is 2. The second-order valence-corrected chi connectivity index (χ2v) is 4.96. The molecule has 1 aromatic carbocycles. The second kappa shape index (κ2) is 4.72. The lowest BCUT2D eigenvalue weighted by Crippen LogP contribution is -2.30. The maximum absolute atomic E-state index is 13.1. The molecule has 0 bridgehead atoms. The van der Waals surface area contributed by atoms with Crippen molar-refractivity contribution in [3.63, 3.8) is 0 Å². The van der Waals surface area contributed by atoms with Gasteiger partial charge in [0.2, 0.25) is 0 Å². The molecule has 0 fully saturated rings. The van der Waals surface area contributed by atoms with Crippen LogP contribution in [0.2, 0.25) is 0 Å². The molecular formula is C13H17F2NO2. The van der Waals surface area contributed by atoms with Crippen LogP contribution < -0.4 is 15.2 Å². The van der Waals surface area contributed by atoms with Crippen LogP contribution in [-0.4, -0.2) is 13.2 Å². The summed E-state index contributed by atoms with van der Waals surface area (Å²) in [7, 11) is 0. The van der Waals surface area contributed by atoms with Crippen molar-refractivity contribution in [2.75, 3.05) is 13.2 Å². The monoisotopic (exact) mass is 257 g/mol. The van der Waals surface area contributed by atoms with Crippen LogP contribution in [0.25, 0.3) is 0 Å². The van der Waals surface area contributed by atoms with E-state index in [1.807, 2.05) is 0 Å². The van der Waals surface area contributed by atoms with Gasteiger partial charge < -0.3 is 15.2 Å². The smallest absolute Gasteiger partial charge is 0.264 e. The summed E-state index contributed by atoms with van der Waals surface area (Å²) in [5.74, 6) is 0.862. The Kier molecular flexibility index (Phi) is 3.43. The van der Waals surface area contributed by atoms with E-state index in [0.717, 1.165) is 6.42 Å². The molecule has 0 unspecified atom stereocenters. The maximum Gasteiger partial charge on any atom is 0.264 e. The lowest BCUT2D eigenvalue weighted by molar-refractivity contribution is 0.148. The number of halogens is 2. The van der Waals surface area contributed by atoms with Crippen LogP contribution in [0.3, 0.4) is 0 Å². The summed E-state index contributed by atoms with van der Waals surface area (Å²) in [6, 6.07) is 2.91. The minimum atomic E-state index is -2.58. The minimum Gasteiger partial charge on any atom is -0.490 e. The van der Waals surface area contributed by atoms with Crippen LogP contribution in [0.4, 0.5) is 8.78 Å². The molecule has 3 nitrogen and oxygen atoms in total. The predicted molar refractivity (Wildman–Crippen MR) is 64.2 cm³/mol. The third kappa shape index (κ3) is 2.56. The van der Waals surface area contributed by atoms with Gasteiger partial charge in [-0.15, -0.1) is 0 Å². The molecule has 1 heterocycles. The van der Waals surface area contributed by atoms with E-state index in [1.165, 1.54) is 6.07 Å². The van der Waals surface area contributed by atoms with E-state index >= 15 is 0 Å². The van der Waals surface area contributed by atoms with Crippen molar-refractivity contribution < 1.29 is 18.3 Å². The van der Waals surface area contributed by atoms with E-state index < -0.39 is 12.0 Å². The van der Waals surface area contributed by atoms with Crippen molar-refractivity contribution in [3.8, 4) is 11.5 Å². The van der Waals surface area contributed by atoms with Crippen LogP contribution in [0.1, 0.15) is 37.8 Å². The van der Waals surface area contributed by atoms with E-state index in [0.29, 0.717) is 30.3 Å². The number of hydrogen-bond donors (Lipinski definition) is 1. The van der Waals surface area contributed by atoms with Gasteiger partial charge in [0.1, 0.15) is 0 Å². The zero-order chi connectivity index (χ0) is 13.3. The predicted octanol–water partition coefficient (Wildman–Crippen LogP) is 2.98. The zero-order valence-electron chi connectivity index (χ0n) is 10.5. The lowest BCUT2D eigenvalue weighted by atomic mass is 9.90. The van der Waals surface area contributed by atoms with Crippen molar-refractivity contribution in [2.45, 2.75) is 32.2 Å². The van der Waals surface area contributed by atoms with Gasteiger partial charge >= 0.3 is 0 Å². The first kappa shape index (κ1) is 13.1. The number of hydrogen-bond acceptors (Lipinski definition) is 3. The summed E-state index contributed by atoms with van der Waals surface area (Å²) in [4.78, 5) is 0. The average molecular weight is 257 g/mol. The Morgan fingerprint density at radius 3 is 2.22 bits per heavy atom. The molecule has 0 spiro atoms. The van der Waals surface area contributed by atoms with Crippen LogP contribution in [0.15, 0.2) is 12.1 Å². The van der Waals surface area contributed by atoms with E-state index in [9.17, 15) is 8.78 Å². The number of rotatable bonds is 2. The zero-order valence-corrected chi connectivity index (χ0v) is 10.5. The molecule has 0 radical (unpaired) electrons. The quantitative estimate of drug-likeness (QED) is 0.885. The first-order valence-electron chi connectivity index (χ1n) is 5.90. The number of ether oxygens (including phenoxy) is 2. The van der Waals surface area contributed by atoms with E-state index in [1.54, 1.807) is 19.9 Å². The molecule has 1 aromatic rings. The van der Waals surface area contributed by atoms with Gasteiger partial charge in [0.25, 0.3) is 6.43 Å². The first-order valence-corrected chi connectivity index (χ1v) is 5.90. The van der Waals surface area contributed by atoms with E-state index in [2.05, 4.69) is 0 Å². The van der Waals surface area contributed by atoms with Gasteiger partial charge in [-0.25, -0.2) is 8.78 Å². The Bertz CT molecular complexity index is 441. The average Bonchev–Trinajstić information content (AvgIpc) is 2.50. The molecular weight excluding hydrogens is 240 g/mol. The fourth-order valence-electron chi connectivity index (χ4n) is 1.96. The molecule has 1 aliphatic heterocycles. The summed E-state index contributed by atoms with van der Waals surface area (Å²) >= 11 is 0. The molecule has 2 N–H and O–H groups in total. The van der Waals surface area contributed by atoms with Gasteiger partial charge in [-0.2, -0.15) is 0 Å². The highest BCUT2D eigenvalue weighted by molar-refractivity contribution is 5.50. The molecule has 1 aliphatic rings. The summed E-state index contributed by atoms with van der Waals surface area (Å²) in [6.07, 6.45) is -1.85. The van der Waals surface area contributed by atoms with Crippen molar-refractivity contribution >= 4 is 0 Å². The largest absolute Gasteiger partial charge is 0.490 e. The molecule has 0 aromatic heterocycles. The van der Waals surface area contributed by atoms with Crippen LogP contribution in [-0.2, 0) is 5.54 Å². The third-order valence-electron chi connectivity index (χ3n) is 2.85. The lowest BCUT2D eigenvalue weighted by Gasteiger charge is -2.24. The van der Waals surface area contributed by atoms with Gasteiger partial charge in [-0.05, 0) is 31.5 Å². The first-order chi connectivity index (χ1) is 8.39. The van der Waals surface area contributed by atoms with Gasteiger partial charge in [0.15, 0.2) is 11.5 Å². The molecule has 18 heavy (non-hydrogen) atoms. The van der Waals surface area contributed by atoms with Crippen LogP contribution >= 0.6 is 0 Å². The Labute approximate surface area is 105 Å². The maximum atomic E-state index is 13.1. The highest BCUT2D eigenvalue weighted by Crippen LogP contribution is 2.39. The molecule has 5 heteroatoms. The normalized spacial score (nSPS) is 15.7. The summed E-state index contributed by atoms with van der Waals surface area (Å²) in [5, 5.41) is 0. The fraction of sp³-hybridized carbons (Fsp3) is 0.538. The minimum absolute atomic E-state index is 0.0910. The summed E-state index contributed by atoms with van der Waals surface area (Å²) < 4.78 is 37.1. The second-order valence-electron chi connectivity index (χ2n) is 4.96. The van der Waals surface area contributed by atoms with Crippen molar-refractivity contribution in [1.82, 2.24) is 0 Å². The van der Waals surface area contributed by atoms with Gasteiger partial charge in [0, 0.05) is 17.5 Å². The summed E-state index contributed by atoms with van der Waals surface area (Å²) in [5.41, 5.74) is 5.39. The number of fused-ring (bicyclic) bond motifs is 1. The van der Waals surface area contributed by atoms with Crippen molar-refractivity contribution in [3.05, 3.63) is 23.3 Å². The Balaban J connectivity index is 2.55. The molecule has 0 amide bonds. The molecule has 2 rings (SSSR count). The van der Waals surface area contributed by atoms with Gasteiger partial charge in [-0.1, -0.05) is 0 Å².